The molecule has 1 aromatic carbocycles. The molecule has 0 atom stereocenters. The number of hydrogen-bond donors (Lipinski definition) is 1. The number of H-pyrrole nitrogens is 1. The molecule has 1 aliphatic heterocycles. The molecule has 1 N–H and O–H groups in total. The predicted octanol–water partition coefficient (Wildman–Crippen LogP) is 3.74. The van der Waals surface area contributed by atoms with E-state index in [0.717, 1.165) is 51.4 Å². The van der Waals surface area contributed by atoms with Crippen molar-refractivity contribution in [1.82, 2.24) is 20.0 Å². The summed E-state index contributed by atoms with van der Waals surface area (Å²) in [6.07, 6.45) is 1.59. The molecule has 5 rings (SSSR count). The minimum absolute atomic E-state index is 0.630. The van der Waals surface area contributed by atoms with Gasteiger partial charge in [-0.1, -0.05) is 12.1 Å². The summed E-state index contributed by atoms with van der Waals surface area (Å²) < 4.78 is 0. The quantitative estimate of drug-likeness (QED) is 0.565. The number of hydrogen-bond acceptors (Lipinski definition) is 5. The summed E-state index contributed by atoms with van der Waals surface area (Å²) in [6.45, 7) is 6.14. The van der Waals surface area contributed by atoms with E-state index in [4.69, 9.17) is 5.26 Å². The molecule has 2 aliphatic rings. The third kappa shape index (κ3) is 3.26. The molecule has 3 aromatic rings. The monoisotopic (exact) mass is 389 g/mol. The molecule has 28 heavy (non-hydrogen) atoms. The smallest absolute Gasteiger partial charge is 0.0970 e. The highest BCUT2D eigenvalue weighted by Crippen LogP contribution is 2.40. The predicted molar refractivity (Wildman–Crippen MR) is 112 cm³/mol. The van der Waals surface area contributed by atoms with Crippen molar-refractivity contribution in [2.45, 2.75) is 19.4 Å². The Labute approximate surface area is 169 Å². The Morgan fingerprint density at radius 2 is 2.00 bits per heavy atom. The SMILES string of the molecule is N#CCCN1CCN(Cc2ccc3c(c2)-c2[nH]nc(-c4ccsc4)c2C3)CC1. The van der Waals surface area contributed by atoms with Gasteiger partial charge in [0.2, 0.25) is 0 Å². The van der Waals surface area contributed by atoms with Gasteiger partial charge in [0.25, 0.3) is 0 Å². The van der Waals surface area contributed by atoms with Crippen LogP contribution in [0.1, 0.15) is 23.1 Å². The Morgan fingerprint density at radius 3 is 2.79 bits per heavy atom. The first-order valence-electron chi connectivity index (χ1n) is 9.85. The molecule has 0 saturated carbocycles. The maximum absolute atomic E-state index is 8.75. The Hall–Kier alpha value is -2.46. The summed E-state index contributed by atoms with van der Waals surface area (Å²) in [4.78, 5) is 4.91. The molecule has 3 heterocycles. The number of benzene rings is 1. The molecule has 142 valence electrons. The first-order valence-corrected chi connectivity index (χ1v) is 10.8. The third-order valence-corrected chi connectivity index (χ3v) is 6.57. The molecule has 1 fully saturated rings. The van der Waals surface area contributed by atoms with E-state index in [1.54, 1.807) is 11.3 Å². The summed E-state index contributed by atoms with van der Waals surface area (Å²) in [5, 5.41) is 20.9. The number of fused-ring (bicyclic) bond motifs is 3. The number of rotatable bonds is 5. The van der Waals surface area contributed by atoms with Gasteiger partial charge < -0.3 is 0 Å². The van der Waals surface area contributed by atoms with Crippen LogP contribution < -0.4 is 0 Å². The fourth-order valence-corrected chi connectivity index (χ4v) is 4.98. The Bertz CT molecular complexity index is 1010. The topological polar surface area (TPSA) is 59.0 Å². The van der Waals surface area contributed by atoms with Gasteiger partial charge in [-0.3, -0.25) is 14.9 Å². The number of thiophene rings is 1. The number of nitrogens with zero attached hydrogens (tertiary/aromatic N) is 4. The lowest BCUT2D eigenvalue weighted by atomic mass is 10.0. The van der Waals surface area contributed by atoms with Gasteiger partial charge in [-0.2, -0.15) is 21.7 Å². The van der Waals surface area contributed by atoms with Crippen LogP contribution in [0, 0.1) is 11.3 Å². The van der Waals surface area contributed by atoms with E-state index >= 15 is 0 Å². The first-order chi connectivity index (χ1) is 13.8. The molecular formula is C22H23N5S. The highest BCUT2D eigenvalue weighted by molar-refractivity contribution is 7.08. The zero-order valence-electron chi connectivity index (χ0n) is 15.8. The molecule has 6 heteroatoms. The number of nitriles is 1. The van der Waals surface area contributed by atoms with E-state index in [2.05, 4.69) is 61.1 Å². The zero-order valence-corrected chi connectivity index (χ0v) is 16.6. The second kappa shape index (κ2) is 7.51. The Morgan fingerprint density at radius 1 is 1.14 bits per heavy atom. The average Bonchev–Trinajstić information content (AvgIpc) is 3.44. The fourth-order valence-electron chi connectivity index (χ4n) is 4.33. The highest BCUT2D eigenvalue weighted by Gasteiger charge is 2.26. The zero-order chi connectivity index (χ0) is 18.9. The number of aromatic amines is 1. The van der Waals surface area contributed by atoms with Crippen molar-refractivity contribution in [1.29, 1.82) is 5.26 Å². The molecule has 1 aliphatic carbocycles. The second-order valence-corrected chi connectivity index (χ2v) is 8.41. The first kappa shape index (κ1) is 17.6. The summed E-state index contributed by atoms with van der Waals surface area (Å²) in [5.41, 5.74) is 8.91. The maximum Gasteiger partial charge on any atom is 0.0970 e. The lowest BCUT2D eigenvalue weighted by molar-refractivity contribution is 0.129. The lowest BCUT2D eigenvalue weighted by Crippen LogP contribution is -2.46. The van der Waals surface area contributed by atoms with Gasteiger partial charge in [-0.05, 0) is 28.6 Å². The molecule has 0 unspecified atom stereocenters. The van der Waals surface area contributed by atoms with Gasteiger partial charge in [0.1, 0.15) is 0 Å². The van der Waals surface area contributed by atoms with Crippen LogP contribution in [0.5, 0.6) is 0 Å². The summed E-state index contributed by atoms with van der Waals surface area (Å²) >= 11 is 1.71. The van der Waals surface area contributed by atoms with Crippen LogP contribution >= 0.6 is 11.3 Å². The van der Waals surface area contributed by atoms with Gasteiger partial charge in [0.05, 0.1) is 17.5 Å². The van der Waals surface area contributed by atoms with Crippen LogP contribution in [0.25, 0.3) is 22.5 Å². The molecule has 0 amide bonds. The normalized spacial score (nSPS) is 16.7. The molecule has 0 radical (unpaired) electrons. The summed E-state index contributed by atoms with van der Waals surface area (Å²) in [5.74, 6) is 0. The van der Waals surface area contributed by atoms with Crippen molar-refractivity contribution >= 4 is 11.3 Å². The van der Waals surface area contributed by atoms with Gasteiger partial charge >= 0.3 is 0 Å². The van der Waals surface area contributed by atoms with Crippen LogP contribution in [0.3, 0.4) is 0 Å². The molecule has 1 saturated heterocycles. The van der Waals surface area contributed by atoms with Crippen molar-refractivity contribution in [2.24, 2.45) is 0 Å². The maximum atomic E-state index is 8.75. The summed E-state index contributed by atoms with van der Waals surface area (Å²) in [7, 11) is 0. The van der Waals surface area contributed by atoms with E-state index in [1.165, 1.54) is 33.5 Å². The van der Waals surface area contributed by atoms with Crippen LogP contribution in [0.15, 0.2) is 35.0 Å². The van der Waals surface area contributed by atoms with Crippen molar-refractivity contribution < 1.29 is 0 Å². The number of piperazine rings is 1. The summed E-state index contributed by atoms with van der Waals surface area (Å²) in [6, 6.07) is 11.3. The average molecular weight is 390 g/mol. The second-order valence-electron chi connectivity index (χ2n) is 7.63. The van der Waals surface area contributed by atoms with E-state index < -0.39 is 0 Å². The van der Waals surface area contributed by atoms with Gasteiger partial charge in [0.15, 0.2) is 0 Å². The molecular weight excluding hydrogens is 366 g/mol. The van der Waals surface area contributed by atoms with Gasteiger partial charge in [0, 0.05) is 74.2 Å². The molecule has 2 aromatic heterocycles. The minimum atomic E-state index is 0.630. The van der Waals surface area contributed by atoms with Crippen molar-refractivity contribution in [2.75, 3.05) is 32.7 Å². The molecule has 5 nitrogen and oxygen atoms in total. The van der Waals surface area contributed by atoms with Crippen molar-refractivity contribution in [3.63, 3.8) is 0 Å². The number of aromatic nitrogens is 2. The van der Waals surface area contributed by atoms with Crippen LogP contribution in [-0.4, -0.2) is 52.7 Å². The largest absolute Gasteiger partial charge is 0.300 e. The molecule has 0 spiro atoms. The minimum Gasteiger partial charge on any atom is -0.300 e. The van der Waals surface area contributed by atoms with E-state index in [9.17, 15) is 0 Å². The lowest BCUT2D eigenvalue weighted by Gasteiger charge is -2.34. The van der Waals surface area contributed by atoms with Gasteiger partial charge in [-0.15, -0.1) is 0 Å². The molecule has 0 bridgehead atoms. The van der Waals surface area contributed by atoms with E-state index in [0.29, 0.717) is 6.42 Å². The third-order valence-electron chi connectivity index (χ3n) is 5.88. The van der Waals surface area contributed by atoms with Crippen LogP contribution in [0.2, 0.25) is 0 Å². The number of nitrogens with one attached hydrogen (secondary N) is 1. The van der Waals surface area contributed by atoms with E-state index in [1.807, 2.05) is 0 Å². The highest BCUT2D eigenvalue weighted by atomic mass is 32.1. The van der Waals surface area contributed by atoms with Crippen molar-refractivity contribution in [3.8, 4) is 28.6 Å². The van der Waals surface area contributed by atoms with Gasteiger partial charge in [-0.25, -0.2) is 0 Å². The van der Waals surface area contributed by atoms with Crippen LogP contribution in [-0.2, 0) is 13.0 Å². The van der Waals surface area contributed by atoms with Crippen LogP contribution in [0.4, 0.5) is 0 Å². The standard InChI is InChI=1S/C22H23N5S/c23-5-1-6-26-7-9-27(10-8-26)14-16-2-3-17-13-20-21(18-4-11-28-15-18)24-25-22(20)19(17)12-16/h2-4,11-12,15H,1,6-10,13-14H2,(H,24,25). The Balaban J connectivity index is 1.30. The van der Waals surface area contributed by atoms with E-state index in [-0.39, 0.29) is 0 Å². The fraction of sp³-hybridized carbons (Fsp3) is 0.364. The van der Waals surface area contributed by atoms with Crippen molar-refractivity contribution in [3.05, 3.63) is 51.7 Å². The Kier molecular flexibility index (Phi) is 4.73.